The van der Waals surface area contributed by atoms with Gasteiger partial charge < -0.3 is 15.5 Å². The number of likely N-dealkylation sites (N-methyl/N-ethyl adjacent to an activating group) is 1. The van der Waals surface area contributed by atoms with E-state index >= 15 is 0 Å². The Hall–Kier alpha value is -3.21. The van der Waals surface area contributed by atoms with Crippen molar-refractivity contribution < 1.29 is 18.0 Å². The minimum atomic E-state index is -3.69. The van der Waals surface area contributed by atoms with Crippen molar-refractivity contribution in [2.24, 2.45) is 0 Å². The first-order chi connectivity index (χ1) is 16.8. The van der Waals surface area contributed by atoms with Crippen LogP contribution in [0.25, 0.3) is 0 Å². The molecule has 4 rings (SSSR count). The Morgan fingerprint density at radius 3 is 2.51 bits per heavy atom. The minimum Gasteiger partial charge on any atom is -0.346 e. The number of amides is 2. The Morgan fingerprint density at radius 1 is 1.06 bits per heavy atom. The van der Waals surface area contributed by atoms with Gasteiger partial charge in [-0.15, -0.1) is 11.3 Å². The van der Waals surface area contributed by atoms with E-state index in [9.17, 15) is 18.0 Å². The third kappa shape index (κ3) is 5.55. The average Bonchev–Trinajstić information content (AvgIpc) is 3.40. The first kappa shape index (κ1) is 24.9. The summed E-state index contributed by atoms with van der Waals surface area (Å²) >= 11 is 1.17. The van der Waals surface area contributed by atoms with Crippen LogP contribution in [0.5, 0.6) is 0 Å². The molecular formula is C25H28N4O4S2. The van der Waals surface area contributed by atoms with E-state index in [-0.39, 0.29) is 16.8 Å². The Kier molecular flexibility index (Phi) is 7.54. The molecule has 0 bridgehead atoms. The van der Waals surface area contributed by atoms with Crippen LogP contribution in [0.3, 0.4) is 0 Å². The summed E-state index contributed by atoms with van der Waals surface area (Å²) in [6, 6.07) is 18.0. The van der Waals surface area contributed by atoms with Crippen LogP contribution in [-0.4, -0.2) is 52.3 Å². The van der Waals surface area contributed by atoms with Gasteiger partial charge in [-0.1, -0.05) is 42.5 Å². The molecule has 0 radical (unpaired) electrons. The molecule has 1 atom stereocenters. The molecule has 2 aromatic carbocycles. The van der Waals surface area contributed by atoms with Gasteiger partial charge in [-0.3, -0.25) is 13.9 Å². The van der Waals surface area contributed by atoms with Gasteiger partial charge in [0.25, 0.3) is 10.0 Å². The average molecular weight is 513 g/mol. The molecule has 1 aromatic heterocycles. The van der Waals surface area contributed by atoms with E-state index in [0.717, 1.165) is 17.5 Å². The Bertz CT molecular complexity index is 1290. The second kappa shape index (κ2) is 10.6. The third-order valence-corrected chi connectivity index (χ3v) is 9.11. The molecule has 184 valence electrons. The van der Waals surface area contributed by atoms with Gasteiger partial charge in [0.2, 0.25) is 0 Å². The van der Waals surface area contributed by atoms with Gasteiger partial charge in [0.1, 0.15) is 4.21 Å². The van der Waals surface area contributed by atoms with Crippen molar-refractivity contribution in [3.63, 3.8) is 0 Å². The highest BCUT2D eigenvalue weighted by Crippen LogP contribution is 2.35. The van der Waals surface area contributed by atoms with E-state index < -0.39 is 21.8 Å². The fraction of sp³-hybridized carbons (Fsp3) is 0.280. The largest absolute Gasteiger partial charge is 0.346 e. The monoisotopic (exact) mass is 512 g/mol. The van der Waals surface area contributed by atoms with Crippen molar-refractivity contribution in [3.8, 4) is 0 Å². The summed E-state index contributed by atoms with van der Waals surface area (Å²) < 4.78 is 28.0. The van der Waals surface area contributed by atoms with Crippen LogP contribution in [0.2, 0.25) is 0 Å². The number of hydrogen-bond acceptors (Lipinski definition) is 6. The zero-order valence-corrected chi connectivity index (χ0v) is 21.2. The Balaban J connectivity index is 1.46. The van der Waals surface area contributed by atoms with E-state index in [1.807, 2.05) is 49.3 Å². The van der Waals surface area contributed by atoms with Crippen molar-refractivity contribution in [2.45, 2.75) is 23.1 Å². The van der Waals surface area contributed by atoms with Crippen LogP contribution < -0.4 is 14.9 Å². The lowest BCUT2D eigenvalue weighted by molar-refractivity contribution is -0.136. The lowest BCUT2D eigenvalue weighted by Gasteiger charge is -2.30. The minimum absolute atomic E-state index is 0.0901. The highest BCUT2D eigenvalue weighted by molar-refractivity contribution is 7.94. The van der Waals surface area contributed by atoms with Gasteiger partial charge in [-0.05, 0) is 61.6 Å². The number of fused-ring (bicyclic) bond motifs is 1. The summed E-state index contributed by atoms with van der Waals surface area (Å²) in [5, 5.41) is 7.03. The Morgan fingerprint density at radius 2 is 1.83 bits per heavy atom. The summed E-state index contributed by atoms with van der Waals surface area (Å²) in [5.41, 5.74) is 2.81. The van der Waals surface area contributed by atoms with Crippen molar-refractivity contribution >= 4 is 44.5 Å². The molecule has 1 unspecified atom stereocenters. The molecule has 0 saturated carbocycles. The number of carbonyl (C=O) groups excluding carboxylic acids is 2. The highest BCUT2D eigenvalue weighted by Gasteiger charge is 2.30. The third-order valence-electron chi connectivity index (χ3n) is 5.93. The summed E-state index contributed by atoms with van der Waals surface area (Å²) in [6.45, 7) is 0.622. The lowest BCUT2D eigenvalue weighted by atomic mass is 10.0. The van der Waals surface area contributed by atoms with Gasteiger partial charge in [0.05, 0.1) is 11.7 Å². The lowest BCUT2D eigenvalue weighted by Crippen LogP contribution is -2.40. The molecule has 35 heavy (non-hydrogen) atoms. The van der Waals surface area contributed by atoms with Gasteiger partial charge >= 0.3 is 11.8 Å². The van der Waals surface area contributed by atoms with Gasteiger partial charge in [-0.2, -0.15) is 0 Å². The first-order valence-electron chi connectivity index (χ1n) is 11.3. The van der Waals surface area contributed by atoms with Gasteiger partial charge in [-0.25, -0.2) is 8.42 Å². The number of nitrogens with zero attached hydrogens (tertiary/aromatic N) is 2. The molecule has 0 fully saturated rings. The van der Waals surface area contributed by atoms with Crippen LogP contribution in [0, 0.1) is 0 Å². The molecule has 2 N–H and O–H groups in total. The highest BCUT2D eigenvalue weighted by atomic mass is 32.2. The summed E-state index contributed by atoms with van der Waals surface area (Å²) in [7, 11) is 0.128. The van der Waals surface area contributed by atoms with E-state index in [2.05, 4.69) is 10.6 Å². The maximum Gasteiger partial charge on any atom is 0.313 e. The number of thiophene rings is 1. The number of anilines is 2. The van der Waals surface area contributed by atoms with E-state index in [4.69, 9.17) is 0 Å². The first-order valence-corrected chi connectivity index (χ1v) is 13.6. The molecular weight excluding hydrogens is 484 g/mol. The van der Waals surface area contributed by atoms with E-state index in [1.54, 1.807) is 35.7 Å². The predicted octanol–water partition coefficient (Wildman–Crippen LogP) is 3.25. The SMILES string of the molecule is CN(C)C(CNC(=O)C(=O)Nc1ccc2c(c1)N(S(=O)(=O)c1cccs1)CCC2)c1ccccc1. The summed E-state index contributed by atoms with van der Waals surface area (Å²) in [4.78, 5) is 27.1. The smallest absolute Gasteiger partial charge is 0.313 e. The molecule has 0 aliphatic carbocycles. The van der Waals surface area contributed by atoms with E-state index in [0.29, 0.717) is 24.3 Å². The molecule has 2 heterocycles. The molecule has 10 heteroatoms. The fourth-order valence-electron chi connectivity index (χ4n) is 4.12. The van der Waals surface area contributed by atoms with Crippen molar-refractivity contribution in [1.82, 2.24) is 10.2 Å². The zero-order chi connectivity index (χ0) is 25.0. The van der Waals surface area contributed by atoms with Crippen LogP contribution >= 0.6 is 11.3 Å². The maximum absolute atomic E-state index is 13.2. The summed E-state index contributed by atoms with van der Waals surface area (Å²) in [5.74, 6) is -1.56. The molecule has 2 amide bonds. The van der Waals surface area contributed by atoms with Crippen LogP contribution in [0.4, 0.5) is 11.4 Å². The maximum atomic E-state index is 13.2. The van der Waals surface area contributed by atoms with Crippen molar-refractivity contribution in [2.75, 3.05) is 36.8 Å². The van der Waals surface area contributed by atoms with Gasteiger partial charge in [0.15, 0.2) is 0 Å². The fourth-order valence-corrected chi connectivity index (χ4v) is 6.76. The van der Waals surface area contributed by atoms with Crippen LogP contribution in [0.1, 0.15) is 23.6 Å². The summed E-state index contributed by atoms with van der Waals surface area (Å²) in [6.07, 6.45) is 1.45. The number of nitrogens with one attached hydrogen (secondary N) is 2. The number of hydrogen-bond donors (Lipinski definition) is 2. The quantitative estimate of drug-likeness (QED) is 0.474. The second-order valence-corrected chi connectivity index (χ2v) is 11.5. The number of rotatable bonds is 7. The van der Waals surface area contributed by atoms with Crippen molar-refractivity contribution in [3.05, 3.63) is 77.2 Å². The van der Waals surface area contributed by atoms with Crippen molar-refractivity contribution in [1.29, 1.82) is 0 Å². The zero-order valence-electron chi connectivity index (χ0n) is 19.6. The number of benzene rings is 2. The number of sulfonamides is 1. The number of aryl methyl sites for hydroxylation is 1. The molecule has 8 nitrogen and oxygen atoms in total. The normalized spacial score (nSPS) is 14.3. The number of carbonyl (C=O) groups is 2. The van der Waals surface area contributed by atoms with Crippen LogP contribution in [0.15, 0.2) is 70.3 Å². The predicted molar refractivity (Wildman–Crippen MR) is 138 cm³/mol. The molecule has 1 aliphatic heterocycles. The molecule has 1 aliphatic rings. The van der Waals surface area contributed by atoms with E-state index in [1.165, 1.54) is 15.6 Å². The molecule has 0 saturated heterocycles. The Labute approximate surface area is 209 Å². The molecule has 0 spiro atoms. The standard InChI is InChI=1S/C25H28N4O4S2/c1-28(2)22(18-8-4-3-5-9-18)17-26-24(30)25(31)27-20-13-12-19-10-6-14-29(21(19)16-20)35(32,33)23-11-7-15-34-23/h3-5,7-9,11-13,15-16,22H,6,10,14,17H2,1-2H3,(H,26,30)(H,27,31). The second-order valence-electron chi connectivity index (χ2n) is 8.51. The van der Waals surface area contributed by atoms with Gasteiger partial charge in [0, 0.05) is 18.8 Å². The topological polar surface area (TPSA) is 98.8 Å². The molecule has 3 aromatic rings. The van der Waals surface area contributed by atoms with Crippen LogP contribution in [-0.2, 0) is 26.0 Å².